The van der Waals surface area contributed by atoms with Crippen LogP contribution in [0, 0.1) is 5.82 Å². The van der Waals surface area contributed by atoms with Crippen molar-refractivity contribution in [3.63, 3.8) is 0 Å². The van der Waals surface area contributed by atoms with Gasteiger partial charge < -0.3 is 5.32 Å². The van der Waals surface area contributed by atoms with Crippen LogP contribution in [0.1, 0.15) is 10.4 Å². The lowest BCUT2D eigenvalue weighted by Gasteiger charge is -2.05. The van der Waals surface area contributed by atoms with E-state index in [1.54, 1.807) is 24.4 Å². The first-order valence-corrected chi connectivity index (χ1v) is 6.25. The molecule has 1 aromatic carbocycles. The molecular weight excluding hydrogens is 267 g/mol. The summed E-state index contributed by atoms with van der Waals surface area (Å²) in [5, 5.41) is 3.05. The second kappa shape index (κ2) is 4.47. The van der Waals surface area contributed by atoms with Crippen molar-refractivity contribution in [3.8, 4) is 0 Å². The maximum absolute atomic E-state index is 13.9. The van der Waals surface area contributed by atoms with Crippen LogP contribution in [0.25, 0.3) is 0 Å². The van der Waals surface area contributed by atoms with Gasteiger partial charge in [0.1, 0.15) is 10.8 Å². The zero-order valence-corrected chi connectivity index (χ0v) is 10.3. The molecule has 3 rings (SSSR count). The fourth-order valence-electron chi connectivity index (χ4n) is 1.74. The molecule has 0 saturated heterocycles. The number of benzene rings is 1. The normalized spacial score (nSPS) is 13.3. The van der Waals surface area contributed by atoms with E-state index in [0.29, 0.717) is 15.6 Å². The maximum Gasteiger partial charge on any atom is 0.296 e. The molecule has 19 heavy (non-hydrogen) atoms. The lowest BCUT2D eigenvalue weighted by atomic mass is 10.1. The van der Waals surface area contributed by atoms with Gasteiger partial charge in [-0.1, -0.05) is 17.8 Å². The van der Waals surface area contributed by atoms with Crippen LogP contribution in [0.5, 0.6) is 0 Å². The minimum absolute atomic E-state index is 0.0767. The number of anilines is 1. The number of hydrogen-bond donors (Lipinski definition) is 1. The number of pyridine rings is 1. The first-order chi connectivity index (χ1) is 9.15. The average molecular weight is 274 g/mol. The number of carbonyl (C=O) groups excluding carboxylic acids is 2. The van der Waals surface area contributed by atoms with Crippen LogP contribution < -0.4 is 5.32 Å². The molecule has 2 heterocycles. The second-order valence-corrected chi connectivity index (χ2v) is 4.94. The van der Waals surface area contributed by atoms with E-state index in [2.05, 4.69) is 10.3 Å². The minimum Gasteiger partial charge on any atom is -0.318 e. The van der Waals surface area contributed by atoms with E-state index in [1.165, 1.54) is 6.07 Å². The number of halogens is 1. The molecule has 0 radical (unpaired) electrons. The van der Waals surface area contributed by atoms with Gasteiger partial charge in [-0.2, -0.15) is 0 Å². The van der Waals surface area contributed by atoms with E-state index in [4.69, 9.17) is 0 Å². The number of aromatic nitrogens is 1. The topological polar surface area (TPSA) is 59.1 Å². The second-order valence-electron chi connectivity index (χ2n) is 3.88. The summed E-state index contributed by atoms with van der Waals surface area (Å²) in [7, 11) is 0. The van der Waals surface area contributed by atoms with Crippen molar-refractivity contribution in [2.45, 2.75) is 9.92 Å². The van der Waals surface area contributed by atoms with E-state index >= 15 is 0 Å². The summed E-state index contributed by atoms with van der Waals surface area (Å²) in [5.74, 6) is -1.98. The van der Waals surface area contributed by atoms with E-state index < -0.39 is 17.5 Å². The molecule has 4 nitrogen and oxygen atoms in total. The Morgan fingerprint density at radius 1 is 1.21 bits per heavy atom. The average Bonchev–Trinajstić information content (AvgIpc) is 2.67. The van der Waals surface area contributed by atoms with Crippen LogP contribution in [0.3, 0.4) is 0 Å². The monoisotopic (exact) mass is 274 g/mol. The molecule has 6 heteroatoms. The van der Waals surface area contributed by atoms with Crippen molar-refractivity contribution in [2.24, 2.45) is 0 Å². The molecular formula is C13H7FN2O2S. The standard InChI is InChI=1S/C13H7FN2O2S/c14-8-5-7-9(16-13(18)12(7)17)6-10(8)19-11-3-1-2-4-15-11/h1-6H,(H,16,17,18). The first kappa shape index (κ1) is 11.9. The molecule has 1 amide bonds. The third-order valence-corrected chi connectivity index (χ3v) is 3.61. The molecule has 0 spiro atoms. The predicted molar refractivity (Wildman–Crippen MR) is 67.7 cm³/mol. The minimum atomic E-state index is -0.727. The van der Waals surface area contributed by atoms with Gasteiger partial charge in [-0.05, 0) is 24.3 Å². The highest BCUT2D eigenvalue weighted by Crippen LogP contribution is 2.34. The fourth-order valence-corrected chi connectivity index (χ4v) is 2.56. The summed E-state index contributed by atoms with van der Waals surface area (Å²) >= 11 is 1.13. The summed E-state index contributed by atoms with van der Waals surface area (Å²) in [4.78, 5) is 27.0. The van der Waals surface area contributed by atoms with E-state index in [0.717, 1.165) is 17.8 Å². The van der Waals surface area contributed by atoms with Gasteiger partial charge in [0.25, 0.3) is 11.7 Å². The Bertz CT molecular complexity index is 689. The molecule has 0 atom stereocenters. The fraction of sp³-hybridized carbons (Fsp3) is 0. The van der Waals surface area contributed by atoms with Crippen molar-refractivity contribution in [1.29, 1.82) is 0 Å². The SMILES string of the molecule is O=C1Nc2cc(Sc3ccccn3)c(F)cc2C1=O. The molecule has 0 unspecified atom stereocenters. The van der Waals surface area contributed by atoms with Crippen LogP contribution in [0.2, 0.25) is 0 Å². The van der Waals surface area contributed by atoms with Crippen molar-refractivity contribution >= 4 is 29.1 Å². The van der Waals surface area contributed by atoms with Gasteiger partial charge in [0.15, 0.2) is 0 Å². The molecule has 0 saturated carbocycles. The number of nitrogens with one attached hydrogen (secondary N) is 1. The molecule has 94 valence electrons. The quantitative estimate of drug-likeness (QED) is 0.855. The molecule has 1 aliphatic rings. The Hall–Kier alpha value is -2.21. The third-order valence-electron chi connectivity index (χ3n) is 2.62. The van der Waals surface area contributed by atoms with Gasteiger partial charge in [-0.15, -0.1) is 0 Å². The van der Waals surface area contributed by atoms with Gasteiger partial charge in [-0.3, -0.25) is 9.59 Å². The maximum atomic E-state index is 13.9. The largest absolute Gasteiger partial charge is 0.318 e. The van der Waals surface area contributed by atoms with Gasteiger partial charge >= 0.3 is 0 Å². The molecule has 0 fully saturated rings. The predicted octanol–water partition coefficient (Wildman–Crippen LogP) is 2.51. The third kappa shape index (κ3) is 2.10. The molecule has 0 bridgehead atoms. The number of amides is 1. The van der Waals surface area contributed by atoms with E-state index in [9.17, 15) is 14.0 Å². The first-order valence-electron chi connectivity index (χ1n) is 5.43. The van der Waals surface area contributed by atoms with Crippen LogP contribution >= 0.6 is 11.8 Å². The number of hydrogen-bond acceptors (Lipinski definition) is 4. The molecule has 1 N–H and O–H groups in total. The zero-order valence-electron chi connectivity index (χ0n) is 9.51. The van der Waals surface area contributed by atoms with E-state index in [1.807, 2.05) is 0 Å². The summed E-state index contributed by atoms with van der Waals surface area (Å²) in [6, 6.07) is 7.85. The summed E-state index contributed by atoms with van der Waals surface area (Å²) in [6.45, 7) is 0. The number of nitrogens with zero attached hydrogens (tertiary/aromatic N) is 1. The number of fused-ring (bicyclic) bond motifs is 1. The Labute approximate surface area is 112 Å². The van der Waals surface area contributed by atoms with Crippen molar-refractivity contribution in [2.75, 3.05) is 5.32 Å². The highest BCUT2D eigenvalue weighted by molar-refractivity contribution is 7.99. The highest BCUT2D eigenvalue weighted by Gasteiger charge is 2.29. The van der Waals surface area contributed by atoms with Gasteiger partial charge in [0, 0.05) is 6.20 Å². The number of ketones is 1. The van der Waals surface area contributed by atoms with Crippen LogP contribution in [-0.2, 0) is 4.79 Å². The molecule has 0 aliphatic carbocycles. The number of Topliss-reactive ketones (excluding diaryl/α,β-unsaturated/α-hetero) is 1. The summed E-state index contributed by atoms with van der Waals surface area (Å²) in [6.07, 6.45) is 1.61. The van der Waals surface area contributed by atoms with Crippen LogP contribution in [0.4, 0.5) is 10.1 Å². The van der Waals surface area contributed by atoms with E-state index in [-0.39, 0.29) is 5.56 Å². The Morgan fingerprint density at radius 2 is 2.05 bits per heavy atom. The Kier molecular flexibility index (Phi) is 2.79. The van der Waals surface area contributed by atoms with Gasteiger partial charge in [0.2, 0.25) is 0 Å². The van der Waals surface area contributed by atoms with Crippen LogP contribution in [-0.4, -0.2) is 16.7 Å². The summed E-state index contributed by atoms with van der Waals surface area (Å²) in [5.41, 5.74) is 0.419. The smallest absolute Gasteiger partial charge is 0.296 e. The lowest BCUT2D eigenvalue weighted by Crippen LogP contribution is -2.12. The molecule has 1 aliphatic heterocycles. The lowest BCUT2D eigenvalue weighted by molar-refractivity contribution is -0.112. The Morgan fingerprint density at radius 3 is 2.79 bits per heavy atom. The number of rotatable bonds is 2. The van der Waals surface area contributed by atoms with Crippen LogP contribution in [0.15, 0.2) is 46.5 Å². The Balaban J connectivity index is 1.99. The highest BCUT2D eigenvalue weighted by atomic mass is 32.2. The molecule has 1 aromatic heterocycles. The summed E-state index contributed by atoms with van der Waals surface area (Å²) < 4.78 is 13.9. The zero-order chi connectivity index (χ0) is 13.4. The van der Waals surface area contributed by atoms with Crippen molar-refractivity contribution in [3.05, 3.63) is 47.9 Å². The molecule has 2 aromatic rings. The van der Waals surface area contributed by atoms with Gasteiger partial charge in [-0.25, -0.2) is 9.37 Å². The van der Waals surface area contributed by atoms with Crippen molar-refractivity contribution in [1.82, 2.24) is 4.98 Å². The number of carbonyl (C=O) groups is 2. The van der Waals surface area contributed by atoms with Gasteiger partial charge in [0.05, 0.1) is 16.1 Å². The van der Waals surface area contributed by atoms with Crippen molar-refractivity contribution < 1.29 is 14.0 Å².